The van der Waals surface area contributed by atoms with E-state index in [2.05, 4.69) is 331 Å². The van der Waals surface area contributed by atoms with E-state index >= 15 is 0 Å². The number of fused-ring (bicyclic) bond motifs is 14. The molecule has 0 saturated carbocycles. The van der Waals surface area contributed by atoms with Gasteiger partial charge in [-0.3, -0.25) is 0 Å². The highest BCUT2D eigenvalue weighted by atomic mass is 15.2. The first-order chi connectivity index (χ1) is 42.7. The van der Waals surface area contributed by atoms with Gasteiger partial charge in [0.25, 0.3) is 0 Å². The third-order valence-corrected chi connectivity index (χ3v) is 20.3. The Bertz CT molecular complexity index is 4680. The van der Waals surface area contributed by atoms with E-state index in [1.807, 2.05) is 0 Å². The first-order valence-corrected chi connectivity index (χ1v) is 32.1. The van der Waals surface area contributed by atoms with Crippen molar-refractivity contribution in [3.8, 4) is 33.6 Å². The molecule has 0 bridgehead atoms. The summed E-state index contributed by atoms with van der Waals surface area (Å²) < 4.78 is 8.15. The second-order valence-electron chi connectivity index (χ2n) is 29.8. The van der Waals surface area contributed by atoms with E-state index in [9.17, 15) is 0 Å². The van der Waals surface area contributed by atoms with Crippen molar-refractivity contribution in [2.75, 3.05) is 14.5 Å². The highest BCUT2D eigenvalue weighted by Gasteiger charge is 2.53. The molecule has 0 spiro atoms. The third kappa shape index (κ3) is 7.82. The van der Waals surface area contributed by atoms with E-state index in [-0.39, 0.29) is 35.4 Å². The molecule has 11 aromatic carbocycles. The van der Waals surface area contributed by atoms with Crippen LogP contribution in [-0.4, -0.2) is 22.8 Å². The van der Waals surface area contributed by atoms with Crippen molar-refractivity contribution in [2.45, 2.75) is 105 Å². The maximum Gasteiger partial charge on any atom is 0.316 e. The summed E-state index contributed by atoms with van der Waals surface area (Å²) in [5, 5.41) is 5.09. The average Bonchev–Trinajstić information content (AvgIpc) is 1.66. The van der Waals surface area contributed by atoms with Gasteiger partial charge in [-0.15, -0.1) is 0 Å². The Morgan fingerprint density at radius 3 is 0.944 bits per heavy atom. The molecule has 432 valence electrons. The second-order valence-corrected chi connectivity index (χ2v) is 29.8. The topological polar surface area (TPSA) is 19.6 Å². The van der Waals surface area contributed by atoms with Gasteiger partial charge in [0, 0.05) is 83.9 Å². The van der Waals surface area contributed by atoms with Crippen molar-refractivity contribution in [2.24, 2.45) is 0 Å². The zero-order chi connectivity index (χ0) is 60.9. The maximum absolute atomic E-state index is 2.90. The Kier molecular flexibility index (Phi) is 11.2. The maximum atomic E-state index is 2.90. The van der Waals surface area contributed by atoms with Crippen molar-refractivity contribution >= 4 is 119 Å². The Morgan fingerprint density at radius 2 is 0.607 bits per heavy atom. The summed E-state index contributed by atoms with van der Waals surface area (Å²) in [6, 6.07) is 87.2. The minimum atomic E-state index is -0.148. The first kappa shape index (κ1) is 53.8. The monoisotopic (exact) mass is 1150 g/mol. The van der Waals surface area contributed by atoms with Crippen molar-refractivity contribution in [1.82, 2.24) is 9.13 Å². The highest BCUT2D eigenvalue weighted by molar-refractivity contribution is 7.09. The van der Waals surface area contributed by atoms with E-state index in [1.165, 1.54) is 127 Å². The largest absolute Gasteiger partial charge is 0.444 e. The van der Waals surface area contributed by atoms with Crippen molar-refractivity contribution in [1.29, 1.82) is 0 Å². The molecule has 13 aromatic rings. The van der Waals surface area contributed by atoms with Crippen LogP contribution in [0.5, 0.6) is 0 Å². The van der Waals surface area contributed by atoms with Crippen LogP contribution in [0.4, 0.5) is 39.8 Å². The van der Waals surface area contributed by atoms with Gasteiger partial charge < -0.3 is 23.7 Å². The lowest BCUT2D eigenvalue weighted by atomic mass is 9.32. The van der Waals surface area contributed by atoms with Crippen LogP contribution in [0, 0.1) is 0 Å². The minimum Gasteiger partial charge on any atom is -0.444 e. The Labute approximate surface area is 524 Å². The summed E-state index contributed by atoms with van der Waals surface area (Å²) in [5.41, 5.74) is 31.1. The zero-order valence-corrected chi connectivity index (χ0v) is 53.3. The molecule has 5 nitrogen and oxygen atoms in total. The van der Waals surface area contributed by atoms with E-state index in [0.29, 0.717) is 0 Å². The number of aromatic nitrogens is 2. The van der Waals surface area contributed by atoms with Gasteiger partial charge >= 0.3 is 13.7 Å². The lowest BCUT2D eigenvalue weighted by Gasteiger charge is -2.50. The van der Waals surface area contributed by atoms with E-state index < -0.39 is 0 Å². The predicted octanol–water partition coefficient (Wildman–Crippen LogP) is 19.0. The molecular formula is C82H73B2N5. The summed E-state index contributed by atoms with van der Waals surface area (Å²) >= 11 is 0. The number of benzene rings is 11. The van der Waals surface area contributed by atoms with E-state index in [4.69, 9.17) is 0 Å². The Morgan fingerprint density at radius 1 is 0.292 bits per heavy atom. The number of hydrogen-bond donors (Lipinski definition) is 0. The van der Waals surface area contributed by atoms with Gasteiger partial charge in [0.2, 0.25) is 0 Å². The van der Waals surface area contributed by atoms with Gasteiger partial charge in [0.1, 0.15) is 0 Å². The fourth-order valence-electron chi connectivity index (χ4n) is 15.8. The van der Waals surface area contributed by atoms with Gasteiger partial charge in [-0.2, -0.15) is 0 Å². The van der Waals surface area contributed by atoms with Crippen LogP contribution in [0.3, 0.4) is 0 Å². The molecule has 0 saturated heterocycles. The Balaban J connectivity index is 0.986. The molecule has 89 heavy (non-hydrogen) atoms. The lowest BCUT2D eigenvalue weighted by molar-refractivity contribution is 0.590. The predicted molar refractivity (Wildman–Crippen MR) is 383 cm³/mol. The molecule has 0 aliphatic carbocycles. The van der Waals surface area contributed by atoms with E-state index in [0.717, 1.165) is 34.1 Å². The molecule has 17 rings (SSSR count). The molecule has 2 aromatic heterocycles. The second kappa shape index (κ2) is 18.6. The molecule has 0 N–H and O–H groups in total. The third-order valence-electron chi connectivity index (χ3n) is 20.3. The number of hydrogen-bond acceptors (Lipinski definition) is 3. The van der Waals surface area contributed by atoms with Gasteiger partial charge in [-0.25, -0.2) is 0 Å². The van der Waals surface area contributed by atoms with Gasteiger partial charge in [-0.1, -0.05) is 223 Å². The van der Waals surface area contributed by atoms with Crippen molar-refractivity contribution in [3.63, 3.8) is 0 Å². The molecule has 7 heteroatoms. The number of para-hydroxylation sites is 5. The lowest BCUT2D eigenvalue weighted by Crippen LogP contribution is -2.74. The SMILES string of the molecule is CC(C)(C)c1ccc(N(c2ccc(C(C)(C)C)cc2)c2cc3c4c(c2)-n2c5ccccc5c5cccc(c52)B4N2B4c5c(cc(N(c6ccc(C(C)(C)C)cc6)c6ccc(C(C)(C)C)cc6)cc5-n5c6ccccc6c6cccc4c65)-c4cccc-3c42)cc1. The highest BCUT2D eigenvalue weighted by Crippen LogP contribution is 2.53. The number of nitrogens with zero attached hydrogens (tertiary/aromatic N) is 5. The fraction of sp³-hybridized carbons (Fsp3) is 0.195. The van der Waals surface area contributed by atoms with Crippen molar-refractivity contribution < 1.29 is 0 Å². The van der Waals surface area contributed by atoms with Crippen molar-refractivity contribution in [3.05, 3.63) is 247 Å². The van der Waals surface area contributed by atoms with Gasteiger partial charge in [0.05, 0.1) is 22.1 Å². The summed E-state index contributed by atoms with van der Waals surface area (Å²) in [5.74, 6) is 0. The molecule has 0 amide bonds. The summed E-state index contributed by atoms with van der Waals surface area (Å²) in [6.07, 6.45) is 0. The molecule has 0 fully saturated rings. The number of rotatable bonds is 6. The van der Waals surface area contributed by atoms with Gasteiger partial charge in [0.15, 0.2) is 0 Å². The molecule has 0 radical (unpaired) electrons. The Hall–Kier alpha value is -9.45. The summed E-state index contributed by atoms with van der Waals surface area (Å²) in [6.45, 7) is 27.4. The van der Waals surface area contributed by atoms with E-state index in [1.54, 1.807) is 0 Å². The normalized spacial score (nSPS) is 13.8. The zero-order valence-electron chi connectivity index (χ0n) is 53.3. The molecule has 0 unspecified atom stereocenters. The molecule has 4 aliphatic rings. The summed E-state index contributed by atoms with van der Waals surface area (Å²) in [4.78, 5) is 5.03. The molecular weight excluding hydrogens is 1080 g/mol. The van der Waals surface area contributed by atoms with Crippen LogP contribution in [0.2, 0.25) is 0 Å². The number of anilines is 7. The molecule has 6 heterocycles. The van der Waals surface area contributed by atoms with Crippen LogP contribution < -0.4 is 36.4 Å². The molecule has 4 aliphatic heterocycles. The first-order valence-electron chi connectivity index (χ1n) is 32.1. The smallest absolute Gasteiger partial charge is 0.316 e. The molecule has 0 atom stereocenters. The quantitative estimate of drug-likeness (QED) is 0.155. The standard InChI is InChI=1S/C82H73B2N5/c1-79(2,3)50-30-38-54(39-31-50)85(55-40-32-51(33-41-55)80(4,5)6)58-46-66-64-22-17-23-65-67-47-59(86(56-42-34-52(35-43-56)81(7,8)9)57-44-36-53(37-45-57)82(10,11)12)49-73-75(67)84(69-27-19-25-63-61-21-14-16-29-71(61)88(73)78(63)69)89(76(64)65)83-68-26-18-24-62-60-20-13-15-28-70(60)87(77(62)68)72(48-58)74(66)83/h13-49H,1-12H3. The average molecular weight is 1150 g/mol. The van der Waals surface area contributed by atoms with Crippen LogP contribution in [-0.2, 0) is 21.7 Å². The van der Waals surface area contributed by atoms with Gasteiger partial charge in [-0.05, 0) is 162 Å². The fourth-order valence-corrected chi connectivity index (χ4v) is 15.8. The van der Waals surface area contributed by atoms with Crippen LogP contribution >= 0.6 is 0 Å². The van der Waals surface area contributed by atoms with Crippen LogP contribution in [0.1, 0.15) is 105 Å². The summed E-state index contributed by atoms with van der Waals surface area (Å²) in [7, 11) is 0. The minimum absolute atomic E-state index is 0.00347. The van der Waals surface area contributed by atoms with Crippen LogP contribution in [0.25, 0.3) is 77.2 Å². The van der Waals surface area contributed by atoms with Crippen LogP contribution in [0.15, 0.2) is 224 Å².